The molecule has 2 N–H and O–H groups in total. The summed E-state index contributed by atoms with van der Waals surface area (Å²) in [6.45, 7) is 2.19. The zero-order valence-corrected chi connectivity index (χ0v) is 6.12. The van der Waals surface area contributed by atoms with Crippen LogP contribution in [0.5, 0.6) is 0 Å². The molecule has 1 saturated heterocycles. The summed E-state index contributed by atoms with van der Waals surface area (Å²) in [5, 5.41) is 11.4. The van der Waals surface area contributed by atoms with Gasteiger partial charge in [0.1, 0.15) is 0 Å². The van der Waals surface area contributed by atoms with E-state index in [1.54, 1.807) is 6.08 Å². The highest BCUT2D eigenvalue weighted by molar-refractivity contribution is 5.79. The van der Waals surface area contributed by atoms with Gasteiger partial charge in [0.25, 0.3) is 0 Å². The van der Waals surface area contributed by atoms with Crippen LogP contribution >= 0.6 is 0 Å². The fourth-order valence-electron chi connectivity index (χ4n) is 0.899. The molecule has 0 spiro atoms. The Balaban J connectivity index is 2.29. The van der Waals surface area contributed by atoms with Gasteiger partial charge in [0, 0.05) is 19.2 Å². The van der Waals surface area contributed by atoms with Crippen LogP contribution in [0.3, 0.4) is 0 Å². The number of hydrogen-bond acceptors (Lipinski definition) is 3. The molecule has 1 unspecified atom stereocenters. The Labute approximate surface area is 64.9 Å². The summed E-state index contributed by atoms with van der Waals surface area (Å²) in [6.07, 6.45) is 2.58. The molecule has 0 aromatic rings. The predicted molar refractivity (Wildman–Crippen MR) is 39.4 cm³/mol. The second-order valence-electron chi connectivity index (χ2n) is 2.31. The number of carbonyl (C=O) groups is 1. The van der Waals surface area contributed by atoms with Gasteiger partial charge in [-0.2, -0.15) is 0 Å². The molecule has 0 saturated carbocycles. The number of aliphatic carboxylic acids is 1. The minimum absolute atomic E-state index is 0.0835. The quantitative estimate of drug-likeness (QED) is 0.536. The van der Waals surface area contributed by atoms with E-state index in [2.05, 4.69) is 5.32 Å². The minimum Gasteiger partial charge on any atom is -0.478 e. The van der Waals surface area contributed by atoms with Gasteiger partial charge in [0.05, 0.1) is 12.7 Å². The lowest BCUT2D eigenvalue weighted by Gasteiger charge is -2.20. The van der Waals surface area contributed by atoms with Gasteiger partial charge in [-0.05, 0) is 6.08 Å². The van der Waals surface area contributed by atoms with E-state index in [0.29, 0.717) is 13.2 Å². The Morgan fingerprint density at radius 3 is 3.09 bits per heavy atom. The van der Waals surface area contributed by atoms with E-state index in [4.69, 9.17) is 9.84 Å². The number of hydrogen-bond donors (Lipinski definition) is 2. The van der Waals surface area contributed by atoms with Crippen molar-refractivity contribution in [3.8, 4) is 0 Å². The van der Waals surface area contributed by atoms with Gasteiger partial charge >= 0.3 is 5.97 Å². The van der Waals surface area contributed by atoms with Crippen LogP contribution in [-0.4, -0.2) is 36.9 Å². The Morgan fingerprint density at radius 1 is 1.73 bits per heavy atom. The number of carboxylic acids is 1. The molecule has 1 heterocycles. The van der Waals surface area contributed by atoms with Gasteiger partial charge in [-0.25, -0.2) is 4.79 Å². The summed E-state index contributed by atoms with van der Waals surface area (Å²) in [5.41, 5.74) is 0. The fraction of sp³-hybridized carbons (Fsp3) is 0.571. The predicted octanol–water partition coefficient (Wildman–Crippen LogP) is -0.384. The fourth-order valence-corrected chi connectivity index (χ4v) is 0.899. The molecular weight excluding hydrogens is 146 g/mol. The molecule has 0 radical (unpaired) electrons. The molecule has 4 heteroatoms. The van der Waals surface area contributed by atoms with E-state index in [0.717, 1.165) is 12.6 Å². The van der Waals surface area contributed by atoms with Gasteiger partial charge in [0.15, 0.2) is 0 Å². The van der Waals surface area contributed by atoms with Crippen molar-refractivity contribution in [3.63, 3.8) is 0 Å². The van der Waals surface area contributed by atoms with Gasteiger partial charge in [-0.3, -0.25) is 0 Å². The van der Waals surface area contributed by atoms with Gasteiger partial charge in [-0.1, -0.05) is 0 Å². The first kappa shape index (κ1) is 8.23. The Bertz CT molecular complexity index is 161. The summed E-state index contributed by atoms with van der Waals surface area (Å²) in [5.74, 6) is -0.931. The molecule has 1 aliphatic heterocycles. The van der Waals surface area contributed by atoms with E-state index in [-0.39, 0.29) is 6.10 Å². The average Bonchev–Trinajstić information content (AvgIpc) is 2.03. The SMILES string of the molecule is O=C(O)/C=C/C1CNCCO1. The molecule has 1 fully saturated rings. The van der Waals surface area contributed by atoms with E-state index in [1.807, 2.05) is 0 Å². The smallest absolute Gasteiger partial charge is 0.328 e. The standard InChI is InChI=1S/C7H11NO3/c9-7(10)2-1-6-5-8-3-4-11-6/h1-2,6,8H,3-5H2,(H,9,10)/b2-1+. The molecule has 1 atom stereocenters. The van der Waals surface area contributed by atoms with Crippen molar-refractivity contribution in [2.24, 2.45) is 0 Å². The molecular formula is C7H11NO3. The first-order chi connectivity index (χ1) is 5.29. The zero-order chi connectivity index (χ0) is 8.10. The second-order valence-corrected chi connectivity index (χ2v) is 2.31. The summed E-state index contributed by atoms with van der Waals surface area (Å²) in [7, 11) is 0. The van der Waals surface area contributed by atoms with Gasteiger partial charge in [-0.15, -0.1) is 0 Å². The highest BCUT2D eigenvalue weighted by atomic mass is 16.5. The van der Waals surface area contributed by atoms with Crippen LogP contribution in [0.15, 0.2) is 12.2 Å². The largest absolute Gasteiger partial charge is 0.478 e. The molecule has 0 amide bonds. The summed E-state index contributed by atoms with van der Waals surface area (Å²) in [6, 6.07) is 0. The average molecular weight is 157 g/mol. The molecule has 1 rings (SSSR count). The van der Waals surface area contributed by atoms with Crippen LogP contribution in [0.1, 0.15) is 0 Å². The lowest BCUT2D eigenvalue weighted by Crippen LogP contribution is -2.37. The van der Waals surface area contributed by atoms with Crippen molar-refractivity contribution in [3.05, 3.63) is 12.2 Å². The Hall–Kier alpha value is -0.870. The number of nitrogens with one attached hydrogen (secondary N) is 1. The third-order valence-corrected chi connectivity index (χ3v) is 1.41. The molecule has 62 valence electrons. The van der Waals surface area contributed by atoms with E-state index >= 15 is 0 Å². The van der Waals surface area contributed by atoms with Crippen LogP contribution in [0, 0.1) is 0 Å². The minimum atomic E-state index is -0.931. The van der Waals surface area contributed by atoms with Crippen molar-refractivity contribution in [1.82, 2.24) is 5.32 Å². The van der Waals surface area contributed by atoms with Crippen LogP contribution < -0.4 is 5.32 Å². The van der Waals surface area contributed by atoms with Gasteiger partial charge in [0.2, 0.25) is 0 Å². The molecule has 1 aliphatic rings. The monoisotopic (exact) mass is 157 g/mol. The molecule has 0 aromatic carbocycles. The maximum Gasteiger partial charge on any atom is 0.328 e. The van der Waals surface area contributed by atoms with Crippen LogP contribution in [0.25, 0.3) is 0 Å². The van der Waals surface area contributed by atoms with E-state index in [9.17, 15) is 4.79 Å². The number of ether oxygens (including phenoxy) is 1. The lowest BCUT2D eigenvalue weighted by atomic mass is 10.3. The summed E-state index contributed by atoms with van der Waals surface area (Å²) >= 11 is 0. The first-order valence-corrected chi connectivity index (χ1v) is 3.52. The molecule has 11 heavy (non-hydrogen) atoms. The Kier molecular flexibility index (Phi) is 3.07. The molecule has 0 bridgehead atoms. The van der Waals surface area contributed by atoms with E-state index in [1.165, 1.54) is 0 Å². The third-order valence-electron chi connectivity index (χ3n) is 1.41. The molecule has 4 nitrogen and oxygen atoms in total. The normalized spacial score (nSPS) is 25.6. The van der Waals surface area contributed by atoms with Crippen molar-refractivity contribution in [2.45, 2.75) is 6.10 Å². The highest BCUT2D eigenvalue weighted by Gasteiger charge is 2.09. The highest BCUT2D eigenvalue weighted by Crippen LogP contribution is 1.96. The number of morpholine rings is 1. The number of rotatable bonds is 2. The van der Waals surface area contributed by atoms with Crippen LogP contribution in [0.2, 0.25) is 0 Å². The molecule has 0 aromatic heterocycles. The van der Waals surface area contributed by atoms with E-state index < -0.39 is 5.97 Å². The van der Waals surface area contributed by atoms with Crippen molar-refractivity contribution in [2.75, 3.05) is 19.7 Å². The topological polar surface area (TPSA) is 58.6 Å². The third kappa shape index (κ3) is 3.15. The van der Waals surface area contributed by atoms with Gasteiger partial charge < -0.3 is 15.2 Å². The second kappa shape index (κ2) is 4.10. The van der Waals surface area contributed by atoms with Crippen LogP contribution in [0.4, 0.5) is 0 Å². The zero-order valence-electron chi connectivity index (χ0n) is 6.12. The van der Waals surface area contributed by atoms with Crippen molar-refractivity contribution < 1.29 is 14.6 Å². The molecule has 0 aliphatic carbocycles. The maximum atomic E-state index is 10.1. The lowest BCUT2D eigenvalue weighted by molar-refractivity contribution is -0.131. The van der Waals surface area contributed by atoms with Crippen molar-refractivity contribution >= 4 is 5.97 Å². The maximum absolute atomic E-state index is 10.1. The number of carboxylic acid groups (broad SMARTS) is 1. The Morgan fingerprint density at radius 2 is 2.55 bits per heavy atom. The first-order valence-electron chi connectivity index (χ1n) is 3.52. The van der Waals surface area contributed by atoms with Crippen LogP contribution in [-0.2, 0) is 9.53 Å². The van der Waals surface area contributed by atoms with Crippen molar-refractivity contribution in [1.29, 1.82) is 0 Å². The summed E-state index contributed by atoms with van der Waals surface area (Å²) in [4.78, 5) is 10.1. The summed E-state index contributed by atoms with van der Waals surface area (Å²) < 4.78 is 5.22.